The molecular weight excluding hydrogens is 412 g/mol. The molecule has 0 saturated carbocycles. The summed E-state index contributed by atoms with van der Waals surface area (Å²) in [6, 6.07) is 18.0. The fourth-order valence-corrected chi connectivity index (χ4v) is 3.52. The SMILES string of the molecule is O=C(N[C@@H](Cc1c[nH]c2ccccc12)C(=O)NCc1ccccc1F)c1ccc(F)cc1. The van der Waals surface area contributed by atoms with Crippen molar-refractivity contribution in [3.63, 3.8) is 0 Å². The topological polar surface area (TPSA) is 74.0 Å². The molecule has 1 atom stereocenters. The molecule has 0 aliphatic carbocycles. The molecule has 2 amide bonds. The van der Waals surface area contributed by atoms with Gasteiger partial charge >= 0.3 is 0 Å². The van der Waals surface area contributed by atoms with Gasteiger partial charge < -0.3 is 15.6 Å². The number of hydrogen-bond donors (Lipinski definition) is 3. The summed E-state index contributed by atoms with van der Waals surface area (Å²) in [7, 11) is 0. The number of rotatable bonds is 7. The Bertz CT molecular complexity index is 1250. The van der Waals surface area contributed by atoms with Crippen molar-refractivity contribution >= 4 is 22.7 Å². The zero-order valence-electron chi connectivity index (χ0n) is 17.1. The lowest BCUT2D eigenvalue weighted by molar-refractivity contribution is -0.123. The van der Waals surface area contributed by atoms with Crippen LogP contribution in [0.1, 0.15) is 21.5 Å². The van der Waals surface area contributed by atoms with Crippen molar-refractivity contribution in [3.8, 4) is 0 Å². The van der Waals surface area contributed by atoms with Crippen LogP contribution in [0.4, 0.5) is 8.78 Å². The molecule has 4 aromatic rings. The Balaban J connectivity index is 1.55. The van der Waals surface area contributed by atoms with E-state index in [0.29, 0.717) is 5.56 Å². The van der Waals surface area contributed by atoms with E-state index in [1.807, 2.05) is 24.3 Å². The van der Waals surface area contributed by atoms with Gasteiger partial charge in [-0.25, -0.2) is 8.78 Å². The van der Waals surface area contributed by atoms with Crippen molar-refractivity contribution < 1.29 is 18.4 Å². The predicted molar refractivity (Wildman–Crippen MR) is 118 cm³/mol. The Morgan fingerprint density at radius 1 is 0.875 bits per heavy atom. The predicted octanol–water partition coefficient (Wildman–Crippen LogP) is 4.10. The van der Waals surface area contributed by atoms with Crippen molar-refractivity contribution in [3.05, 3.63) is 107 Å². The molecule has 1 heterocycles. The highest BCUT2D eigenvalue weighted by Crippen LogP contribution is 2.19. The Morgan fingerprint density at radius 3 is 2.38 bits per heavy atom. The quantitative estimate of drug-likeness (QED) is 0.411. The molecule has 0 aliphatic heterocycles. The third-order valence-electron chi connectivity index (χ3n) is 5.24. The molecule has 5 nitrogen and oxygen atoms in total. The van der Waals surface area contributed by atoms with Gasteiger partial charge in [-0.3, -0.25) is 9.59 Å². The van der Waals surface area contributed by atoms with Crippen molar-refractivity contribution in [2.75, 3.05) is 0 Å². The van der Waals surface area contributed by atoms with Crippen LogP contribution in [-0.2, 0) is 17.8 Å². The molecule has 0 unspecified atom stereocenters. The van der Waals surface area contributed by atoms with Crippen LogP contribution < -0.4 is 10.6 Å². The number of H-pyrrole nitrogens is 1. The number of halogens is 2. The summed E-state index contributed by atoms with van der Waals surface area (Å²) in [6.07, 6.45) is 2.02. The highest BCUT2D eigenvalue weighted by Gasteiger charge is 2.23. The van der Waals surface area contributed by atoms with Gasteiger partial charge in [0.05, 0.1) is 0 Å². The van der Waals surface area contributed by atoms with Crippen molar-refractivity contribution in [2.45, 2.75) is 19.0 Å². The third-order valence-corrected chi connectivity index (χ3v) is 5.24. The van der Waals surface area contributed by atoms with E-state index in [0.717, 1.165) is 16.5 Å². The Kier molecular flexibility index (Phi) is 6.26. The first-order valence-corrected chi connectivity index (χ1v) is 10.1. The van der Waals surface area contributed by atoms with E-state index in [4.69, 9.17) is 0 Å². The van der Waals surface area contributed by atoms with E-state index >= 15 is 0 Å². The van der Waals surface area contributed by atoms with Crippen LogP contribution in [0.2, 0.25) is 0 Å². The maximum Gasteiger partial charge on any atom is 0.251 e. The lowest BCUT2D eigenvalue weighted by Crippen LogP contribution is -2.47. The van der Waals surface area contributed by atoms with E-state index in [1.54, 1.807) is 24.4 Å². The molecule has 4 rings (SSSR count). The summed E-state index contributed by atoms with van der Waals surface area (Å²) < 4.78 is 27.1. The number of carbonyl (C=O) groups excluding carboxylic acids is 2. The number of carbonyl (C=O) groups is 2. The molecule has 0 saturated heterocycles. The molecule has 0 fully saturated rings. The number of para-hydroxylation sites is 1. The maximum atomic E-state index is 13.9. The first-order chi connectivity index (χ1) is 15.5. The van der Waals surface area contributed by atoms with Crippen LogP contribution in [0.3, 0.4) is 0 Å². The second-order valence-corrected chi connectivity index (χ2v) is 7.41. The molecule has 0 aliphatic rings. The fraction of sp³-hybridized carbons (Fsp3) is 0.120. The van der Waals surface area contributed by atoms with Gasteiger partial charge in [-0.15, -0.1) is 0 Å². The molecular formula is C25H21F2N3O2. The number of aromatic amines is 1. The number of aromatic nitrogens is 1. The number of nitrogens with one attached hydrogen (secondary N) is 3. The van der Waals surface area contributed by atoms with E-state index in [-0.39, 0.29) is 18.5 Å². The number of benzene rings is 3. The minimum absolute atomic E-state index is 0.0116. The molecule has 7 heteroatoms. The van der Waals surface area contributed by atoms with Gasteiger partial charge in [0.15, 0.2) is 0 Å². The fourth-order valence-electron chi connectivity index (χ4n) is 3.52. The van der Waals surface area contributed by atoms with Gasteiger partial charge in [-0.2, -0.15) is 0 Å². The number of amides is 2. The minimum atomic E-state index is -0.918. The molecule has 0 bridgehead atoms. The van der Waals surface area contributed by atoms with Crippen LogP contribution in [0.15, 0.2) is 79.0 Å². The summed E-state index contributed by atoms with van der Waals surface area (Å²) in [6.45, 7) is -0.0116. The van der Waals surface area contributed by atoms with Crippen LogP contribution >= 0.6 is 0 Å². The Morgan fingerprint density at radius 2 is 1.59 bits per heavy atom. The second kappa shape index (κ2) is 9.43. The molecule has 3 N–H and O–H groups in total. The largest absolute Gasteiger partial charge is 0.361 e. The molecule has 1 aromatic heterocycles. The van der Waals surface area contributed by atoms with Crippen LogP contribution in [-0.4, -0.2) is 22.8 Å². The van der Waals surface area contributed by atoms with E-state index in [9.17, 15) is 18.4 Å². The number of hydrogen-bond acceptors (Lipinski definition) is 2. The average Bonchev–Trinajstić information content (AvgIpc) is 3.21. The normalized spacial score (nSPS) is 11.8. The van der Waals surface area contributed by atoms with Crippen molar-refractivity contribution in [2.24, 2.45) is 0 Å². The third kappa shape index (κ3) is 4.83. The van der Waals surface area contributed by atoms with Gasteiger partial charge in [0.1, 0.15) is 17.7 Å². The van der Waals surface area contributed by atoms with Crippen LogP contribution in [0.25, 0.3) is 10.9 Å². The minimum Gasteiger partial charge on any atom is -0.361 e. The van der Waals surface area contributed by atoms with Crippen molar-refractivity contribution in [1.29, 1.82) is 0 Å². The van der Waals surface area contributed by atoms with Gasteiger partial charge in [0.2, 0.25) is 5.91 Å². The lowest BCUT2D eigenvalue weighted by atomic mass is 10.0. The van der Waals surface area contributed by atoms with Gasteiger partial charge in [-0.05, 0) is 42.0 Å². The van der Waals surface area contributed by atoms with E-state index in [1.165, 1.54) is 30.3 Å². The van der Waals surface area contributed by atoms with Crippen LogP contribution in [0.5, 0.6) is 0 Å². The molecule has 0 radical (unpaired) electrons. The molecule has 162 valence electrons. The van der Waals surface area contributed by atoms with Crippen LogP contribution in [0, 0.1) is 11.6 Å². The summed E-state index contributed by atoms with van der Waals surface area (Å²) in [5.41, 5.74) is 2.35. The molecule has 0 spiro atoms. The summed E-state index contributed by atoms with van der Waals surface area (Å²) in [5, 5.41) is 6.37. The zero-order chi connectivity index (χ0) is 22.5. The van der Waals surface area contributed by atoms with Gasteiger partial charge in [0.25, 0.3) is 5.91 Å². The standard InChI is InChI=1S/C25H21F2N3O2/c26-19-11-9-16(10-12-19)24(31)30-23(13-18-15-28-22-8-4-2-6-20(18)22)25(32)29-14-17-5-1-3-7-21(17)27/h1-12,15,23,28H,13-14H2,(H,29,32)(H,30,31)/t23-/m0/s1. The van der Waals surface area contributed by atoms with Gasteiger partial charge in [-0.1, -0.05) is 36.4 Å². The maximum absolute atomic E-state index is 13.9. The van der Waals surface area contributed by atoms with E-state index in [2.05, 4.69) is 15.6 Å². The Labute approximate surface area is 183 Å². The summed E-state index contributed by atoms with van der Waals surface area (Å²) >= 11 is 0. The zero-order valence-corrected chi connectivity index (χ0v) is 17.1. The second-order valence-electron chi connectivity index (χ2n) is 7.41. The lowest BCUT2D eigenvalue weighted by Gasteiger charge is -2.19. The monoisotopic (exact) mass is 433 g/mol. The first-order valence-electron chi connectivity index (χ1n) is 10.1. The number of fused-ring (bicyclic) bond motifs is 1. The molecule has 3 aromatic carbocycles. The van der Waals surface area contributed by atoms with E-state index < -0.39 is 29.5 Å². The summed E-state index contributed by atoms with van der Waals surface area (Å²) in [5.74, 6) is -1.83. The first kappa shape index (κ1) is 21.2. The van der Waals surface area contributed by atoms with Crippen molar-refractivity contribution in [1.82, 2.24) is 15.6 Å². The molecule has 32 heavy (non-hydrogen) atoms. The highest BCUT2D eigenvalue weighted by atomic mass is 19.1. The summed E-state index contributed by atoms with van der Waals surface area (Å²) in [4.78, 5) is 28.9. The smallest absolute Gasteiger partial charge is 0.251 e. The highest BCUT2D eigenvalue weighted by molar-refractivity contribution is 5.97. The van der Waals surface area contributed by atoms with Gasteiger partial charge in [0, 0.05) is 41.2 Å². The Hall–Kier alpha value is -4.00. The average molecular weight is 433 g/mol.